The van der Waals surface area contributed by atoms with Crippen molar-refractivity contribution in [1.29, 1.82) is 0 Å². The third kappa shape index (κ3) is 4.42. The molecule has 3 nitrogen and oxygen atoms in total. The van der Waals surface area contributed by atoms with Crippen LogP contribution in [-0.2, 0) is 11.3 Å². The van der Waals surface area contributed by atoms with E-state index in [0.717, 1.165) is 10.0 Å². The Morgan fingerprint density at radius 1 is 1.18 bits per heavy atom. The third-order valence-corrected chi connectivity index (χ3v) is 4.01. The maximum Gasteiger partial charge on any atom is 0.338 e. The molecule has 1 N–H and O–H groups in total. The summed E-state index contributed by atoms with van der Waals surface area (Å²) in [5.41, 5.74) is 2.78. The lowest BCUT2D eigenvalue weighted by atomic mass is 10.1. The molecule has 116 valence electrons. The van der Waals surface area contributed by atoms with Gasteiger partial charge in [0, 0.05) is 17.1 Å². The highest BCUT2D eigenvalue weighted by molar-refractivity contribution is 9.10. The van der Waals surface area contributed by atoms with Crippen molar-refractivity contribution in [3.8, 4) is 0 Å². The fourth-order valence-corrected chi connectivity index (χ4v) is 2.48. The van der Waals surface area contributed by atoms with Gasteiger partial charge in [-0.2, -0.15) is 0 Å². The first-order chi connectivity index (χ1) is 10.6. The number of esters is 1. The normalized spacial score (nSPS) is 12.0. The second kappa shape index (κ2) is 8.11. The van der Waals surface area contributed by atoms with Crippen molar-refractivity contribution in [1.82, 2.24) is 5.32 Å². The van der Waals surface area contributed by atoms with Crippen LogP contribution in [0.1, 0.15) is 41.4 Å². The zero-order valence-electron chi connectivity index (χ0n) is 12.8. The monoisotopic (exact) mass is 361 g/mol. The molecule has 0 heterocycles. The molecule has 0 aromatic heterocycles. The van der Waals surface area contributed by atoms with Crippen LogP contribution in [0.3, 0.4) is 0 Å². The number of ether oxygens (including phenoxy) is 1. The van der Waals surface area contributed by atoms with Crippen molar-refractivity contribution in [2.75, 3.05) is 6.61 Å². The molecule has 0 saturated carbocycles. The van der Waals surface area contributed by atoms with Gasteiger partial charge >= 0.3 is 5.97 Å². The van der Waals surface area contributed by atoms with Crippen LogP contribution in [0.25, 0.3) is 0 Å². The Kier molecular flexibility index (Phi) is 6.16. The van der Waals surface area contributed by atoms with E-state index in [2.05, 4.69) is 40.3 Å². The summed E-state index contributed by atoms with van der Waals surface area (Å²) < 4.78 is 6.17. The van der Waals surface area contributed by atoms with Gasteiger partial charge in [0.2, 0.25) is 0 Å². The van der Waals surface area contributed by atoms with Crippen molar-refractivity contribution in [2.45, 2.75) is 26.4 Å². The lowest BCUT2D eigenvalue weighted by Crippen LogP contribution is -2.20. The molecule has 2 aromatic carbocycles. The topological polar surface area (TPSA) is 38.3 Å². The second-order valence-corrected chi connectivity index (χ2v) is 5.95. The predicted molar refractivity (Wildman–Crippen MR) is 91.8 cm³/mol. The predicted octanol–water partition coefficient (Wildman–Crippen LogP) is 4.48. The molecule has 22 heavy (non-hydrogen) atoms. The van der Waals surface area contributed by atoms with Crippen LogP contribution in [0, 0.1) is 0 Å². The minimum atomic E-state index is -0.267. The van der Waals surface area contributed by atoms with Crippen LogP contribution in [-0.4, -0.2) is 12.6 Å². The molecule has 0 amide bonds. The highest BCUT2D eigenvalue weighted by Gasteiger charge is 2.12. The fraction of sp³-hybridized carbons (Fsp3) is 0.278. The Morgan fingerprint density at radius 2 is 1.86 bits per heavy atom. The number of carbonyl (C=O) groups is 1. The maximum atomic E-state index is 12.0. The van der Waals surface area contributed by atoms with Gasteiger partial charge in [0.15, 0.2) is 0 Å². The first-order valence-electron chi connectivity index (χ1n) is 7.35. The molecule has 0 unspecified atom stereocenters. The van der Waals surface area contributed by atoms with Gasteiger partial charge in [-0.1, -0.05) is 46.3 Å². The van der Waals surface area contributed by atoms with E-state index in [1.54, 1.807) is 6.07 Å². The first-order valence-corrected chi connectivity index (χ1v) is 8.15. The number of hydrogen-bond acceptors (Lipinski definition) is 3. The molecule has 1 atom stereocenters. The summed E-state index contributed by atoms with van der Waals surface area (Å²) in [6.45, 7) is 4.92. The Bertz CT molecular complexity index is 625. The molecule has 4 heteroatoms. The minimum Gasteiger partial charge on any atom is -0.462 e. The number of benzene rings is 2. The highest BCUT2D eigenvalue weighted by atomic mass is 79.9. The quantitative estimate of drug-likeness (QED) is 0.771. The Balaban J connectivity index is 2.05. The SMILES string of the molecule is CCOC(=O)c1ccccc1CN[C@@H](C)c1ccc(Br)cc1. The summed E-state index contributed by atoms with van der Waals surface area (Å²) in [4.78, 5) is 12.0. The van der Waals surface area contributed by atoms with E-state index in [1.807, 2.05) is 37.3 Å². The smallest absolute Gasteiger partial charge is 0.338 e. The molecule has 0 saturated heterocycles. The summed E-state index contributed by atoms with van der Waals surface area (Å²) >= 11 is 3.44. The molecule has 0 radical (unpaired) electrons. The molecule has 0 aliphatic carbocycles. The van der Waals surface area contributed by atoms with Crippen LogP contribution in [0.15, 0.2) is 53.0 Å². The highest BCUT2D eigenvalue weighted by Crippen LogP contribution is 2.18. The summed E-state index contributed by atoms with van der Waals surface area (Å²) in [7, 11) is 0. The number of halogens is 1. The second-order valence-electron chi connectivity index (χ2n) is 5.03. The average molecular weight is 362 g/mol. The average Bonchev–Trinajstić information content (AvgIpc) is 2.54. The van der Waals surface area contributed by atoms with Crippen LogP contribution >= 0.6 is 15.9 Å². The van der Waals surface area contributed by atoms with Gasteiger partial charge in [0.25, 0.3) is 0 Å². The van der Waals surface area contributed by atoms with E-state index < -0.39 is 0 Å². The number of nitrogens with one attached hydrogen (secondary N) is 1. The number of rotatable bonds is 6. The van der Waals surface area contributed by atoms with Gasteiger partial charge in [-0.05, 0) is 43.2 Å². The standard InChI is InChI=1S/C18H20BrNO2/c1-3-22-18(21)17-7-5-4-6-15(17)12-20-13(2)14-8-10-16(19)11-9-14/h4-11,13,20H,3,12H2,1-2H3/t13-/m0/s1. The molecule has 2 rings (SSSR count). The first kappa shape index (κ1) is 16.7. The zero-order chi connectivity index (χ0) is 15.9. The summed E-state index contributed by atoms with van der Waals surface area (Å²) in [5, 5.41) is 3.45. The maximum absolute atomic E-state index is 12.0. The summed E-state index contributed by atoms with van der Waals surface area (Å²) in [6, 6.07) is 16.0. The lowest BCUT2D eigenvalue weighted by molar-refractivity contribution is 0.0525. The molecule has 0 fully saturated rings. The zero-order valence-corrected chi connectivity index (χ0v) is 14.4. The van der Waals surface area contributed by atoms with Crippen LogP contribution in [0.4, 0.5) is 0 Å². The largest absolute Gasteiger partial charge is 0.462 e. The van der Waals surface area contributed by atoms with Crippen molar-refractivity contribution >= 4 is 21.9 Å². The summed E-state index contributed by atoms with van der Waals surface area (Å²) in [5.74, 6) is -0.267. The van der Waals surface area contributed by atoms with Crippen molar-refractivity contribution in [2.24, 2.45) is 0 Å². The van der Waals surface area contributed by atoms with Gasteiger partial charge in [0.05, 0.1) is 12.2 Å². The van der Waals surface area contributed by atoms with E-state index in [4.69, 9.17) is 4.74 Å². The van der Waals surface area contributed by atoms with E-state index >= 15 is 0 Å². The molecule has 2 aromatic rings. The van der Waals surface area contributed by atoms with Gasteiger partial charge in [0.1, 0.15) is 0 Å². The lowest BCUT2D eigenvalue weighted by Gasteiger charge is -2.16. The molecule has 0 aliphatic heterocycles. The van der Waals surface area contributed by atoms with Crippen molar-refractivity contribution < 1.29 is 9.53 Å². The van der Waals surface area contributed by atoms with Crippen LogP contribution in [0.2, 0.25) is 0 Å². The van der Waals surface area contributed by atoms with E-state index in [-0.39, 0.29) is 12.0 Å². The fourth-order valence-electron chi connectivity index (χ4n) is 2.21. The van der Waals surface area contributed by atoms with Gasteiger partial charge < -0.3 is 10.1 Å². The third-order valence-electron chi connectivity index (χ3n) is 3.48. The Labute approximate surface area is 139 Å². The van der Waals surface area contributed by atoms with Crippen molar-refractivity contribution in [3.05, 3.63) is 69.7 Å². The van der Waals surface area contributed by atoms with Gasteiger partial charge in [-0.25, -0.2) is 4.79 Å². The van der Waals surface area contributed by atoms with Crippen LogP contribution < -0.4 is 5.32 Å². The van der Waals surface area contributed by atoms with E-state index in [0.29, 0.717) is 18.7 Å². The Hall–Kier alpha value is -1.65. The molecule has 0 bridgehead atoms. The van der Waals surface area contributed by atoms with Crippen LogP contribution in [0.5, 0.6) is 0 Å². The molecule has 0 aliphatic rings. The Morgan fingerprint density at radius 3 is 2.55 bits per heavy atom. The molecule has 0 spiro atoms. The van der Waals surface area contributed by atoms with Gasteiger partial charge in [-0.3, -0.25) is 0 Å². The number of hydrogen-bond donors (Lipinski definition) is 1. The molecular weight excluding hydrogens is 342 g/mol. The molecular formula is C18H20BrNO2. The van der Waals surface area contributed by atoms with Crippen molar-refractivity contribution in [3.63, 3.8) is 0 Å². The summed E-state index contributed by atoms with van der Waals surface area (Å²) in [6.07, 6.45) is 0. The van der Waals surface area contributed by atoms with E-state index in [9.17, 15) is 4.79 Å². The van der Waals surface area contributed by atoms with Gasteiger partial charge in [-0.15, -0.1) is 0 Å². The van der Waals surface area contributed by atoms with E-state index in [1.165, 1.54) is 5.56 Å². The number of carbonyl (C=O) groups excluding carboxylic acids is 1. The minimum absolute atomic E-state index is 0.198.